The number of nitrogens with one attached hydrogen (secondary N) is 1. The Labute approximate surface area is 214 Å². The summed E-state index contributed by atoms with van der Waals surface area (Å²) in [5.74, 6) is -2.51. The fourth-order valence-corrected chi connectivity index (χ4v) is 3.92. The number of likely N-dealkylation sites (N-methyl/N-ethyl adjacent to an activating group) is 1. The van der Waals surface area contributed by atoms with Crippen molar-refractivity contribution in [2.24, 2.45) is 0 Å². The number of rotatable bonds is 8. The Kier molecular flexibility index (Phi) is 11.5. The van der Waals surface area contributed by atoms with Crippen molar-refractivity contribution in [3.8, 4) is 0 Å². The zero-order valence-electron chi connectivity index (χ0n) is 19.2. The van der Waals surface area contributed by atoms with Gasteiger partial charge in [0.2, 0.25) is 0 Å². The fourth-order valence-electron chi connectivity index (χ4n) is 3.60. The largest absolute Gasteiger partial charge is 0.478 e. The van der Waals surface area contributed by atoms with Gasteiger partial charge in [0.05, 0.1) is 10.0 Å². The third kappa shape index (κ3) is 9.94. The van der Waals surface area contributed by atoms with Crippen molar-refractivity contribution in [3.63, 3.8) is 0 Å². The number of likely N-dealkylation sites (tertiary alicyclic amines) is 1. The van der Waals surface area contributed by atoms with Crippen molar-refractivity contribution in [2.75, 3.05) is 19.6 Å². The van der Waals surface area contributed by atoms with E-state index in [1.807, 2.05) is 42.4 Å². The third-order valence-corrected chi connectivity index (χ3v) is 5.98. The molecule has 35 heavy (non-hydrogen) atoms. The van der Waals surface area contributed by atoms with Gasteiger partial charge in [-0.25, -0.2) is 14.4 Å². The Morgan fingerprint density at radius 1 is 1.09 bits per heavy atom. The molecular weight excluding hydrogens is 495 g/mol. The SMILES string of the molecule is CCN(C(=O)NCc1ccc(Cl)c(Cl)c1)C1CCN(Cc2ccncc2)C1.O=C(O)C=CC(=O)O. The van der Waals surface area contributed by atoms with Crippen LogP contribution in [0.25, 0.3) is 0 Å². The summed E-state index contributed by atoms with van der Waals surface area (Å²) in [6, 6.07) is 9.66. The lowest BCUT2D eigenvalue weighted by Gasteiger charge is -2.28. The van der Waals surface area contributed by atoms with Crippen LogP contribution in [0.2, 0.25) is 10.0 Å². The summed E-state index contributed by atoms with van der Waals surface area (Å²) in [5, 5.41) is 19.6. The molecule has 2 aromatic rings. The normalized spacial score (nSPS) is 15.3. The van der Waals surface area contributed by atoms with Gasteiger partial charge in [0, 0.05) is 63.3 Å². The van der Waals surface area contributed by atoms with Crippen LogP contribution in [0.5, 0.6) is 0 Å². The molecule has 1 atom stereocenters. The monoisotopic (exact) mass is 522 g/mol. The summed E-state index contributed by atoms with van der Waals surface area (Å²) in [4.78, 5) is 40.2. The van der Waals surface area contributed by atoms with Crippen LogP contribution in [0.4, 0.5) is 4.79 Å². The minimum atomic E-state index is -1.26. The number of pyridine rings is 1. The molecular formula is C24H28Cl2N4O5. The van der Waals surface area contributed by atoms with E-state index in [1.165, 1.54) is 5.56 Å². The molecule has 3 rings (SSSR count). The maximum absolute atomic E-state index is 12.7. The van der Waals surface area contributed by atoms with Crippen molar-refractivity contribution in [1.82, 2.24) is 20.1 Å². The Hall–Kier alpha value is -3.14. The van der Waals surface area contributed by atoms with E-state index in [2.05, 4.69) is 15.2 Å². The third-order valence-electron chi connectivity index (χ3n) is 5.24. The Bertz CT molecular complexity index is 1020. The lowest BCUT2D eigenvalue weighted by Crippen LogP contribution is -2.46. The molecule has 2 amide bonds. The van der Waals surface area contributed by atoms with E-state index >= 15 is 0 Å². The number of carbonyl (C=O) groups excluding carboxylic acids is 1. The number of carbonyl (C=O) groups is 3. The number of hydrogen-bond acceptors (Lipinski definition) is 5. The van der Waals surface area contributed by atoms with Gasteiger partial charge < -0.3 is 20.4 Å². The molecule has 1 saturated heterocycles. The number of hydrogen-bond donors (Lipinski definition) is 3. The number of benzene rings is 1. The highest BCUT2D eigenvalue weighted by atomic mass is 35.5. The maximum Gasteiger partial charge on any atom is 0.328 e. The predicted molar refractivity (Wildman–Crippen MR) is 133 cm³/mol. The molecule has 0 bridgehead atoms. The average molecular weight is 523 g/mol. The van der Waals surface area contributed by atoms with Crippen LogP contribution in [0.3, 0.4) is 0 Å². The first kappa shape index (κ1) is 28.1. The zero-order valence-corrected chi connectivity index (χ0v) is 20.7. The van der Waals surface area contributed by atoms with Crippen LogP contribution in [-0.2, 0) is 22.7 Å². The van der Waals surface area contributed by atoms with E-state index in [9.17, 15) is 14.4 Å². The molecule has 1 aromatic carbocycles. The minimum Gasteiger partial charge on any atom is -0.478 e. The van der Waals surface area contributed by atoms with E-state index in [4.69, 9.17) is 33.4 Å². The number of amides is 2. The molecule has 2 heterocycles. The van der Waals surface area contributed by atoms with Gasteiger partial charge in [-0.15, -0.1) is 0 Å². The summed E-state index contributed by atoms with van der Waals surface area (Å²) in [7, 11) is 0. The number of carboxylic acid groups (broad SMARTS) is 2. The highest BCUT2D eigenvalue weighted by Gasteiger charge is 2.29. The second-order valence-corrected chi connectivity index (χ2v) is 8.55. The second-order valence-electron chi connectivity index (χ2n) is 7.74. The van der Waals surface area contributed by atoms with Crippen molar-refractivity contribution >= 4 is 41.2 Å². The molecule has 1 aliphatic rings. The van der Waals surface area contributed by atoms with E-state index in [0.29, 0.717) is 35.3 Å². The number of halogens is 2. The quantitative estimate of drug-likeness (QED) is 0.449. The summed E-state index contributed by atoms with van der Waals surface area (Å²) in [5.41, 5.74) is 2.18. The first-order chi connectivity index (χ1) is 16.7. The second kappa shape index (κ2) is 14.3. The van der Waals surface area contributed by atoms with Crippen LogP contribution >= 0.6 is 23.2 Å². The molecule has 1 unspecified atom stereocenters. The van der Waals surface area contributed by atoms with Crippen LogP contribution in [-0.4, -0.2) is 68.6 Å². The molecule has 11 heteroatoms. The molecule has 0 aliphatic carbocycles. The number of nitrogens with zero attached hydrogens (tertiary/aromatic N) is 3. The summed E-state index contributed by atoms with van der Waals surface area (Å²) >= 11 is 12.0. The Morgan fingerprint density at radius 3 is 2.31 bits per heavy atom. The van der Waals surface area contributed by atoms with Crippen molar-refractivity contribution in [2.45, 2.75) is 32.5 Å². The molecule has 0 radical (unpaired) electrons. The Balaban J connectivity index is 0.000000466. The smallest absolute Gasteiger partial charge is 0.328 e. The lowest BCUT2D eigenvalue weighted by molar-refractivity contribution is -0.134. The van der Waals surface area contributed by atoms with Gasteiger partial charge in [-0.1, -0.05) is 29.3 Å². The van der Waals surface area contributed by atoms with Gasteiger partial charge in [0.1, 0.15) is 0 Å². The van der Waals surface area contributed by atoms with Gasteiger partial charge >= 0.3 is 18.0 Å². The van der Waals surface area contributed by atoms with Gasteiger partial charge in [-0.2, -0.15) is 0 Å². The first-order valence-electron chi connectivity index (χ1n) is 10.9. The first-order valence-corrected chi connectivity index (χ1v) is 11.7. The number of carboxylic acids is 2. The number of aromatic nitrogens is 1. The summed E-state index contributed by atoms with van der Waals surface area (Å²) < 4.78 is 0. The topological polar surface area (TPSA) is 123 Å². The van der Waals surface area contributed by atoms with Gasteiger partial charge in [-0.05, 0) is 48.7 Å². The minimum absolute atomic E-state index is 0.0423. The molecule has 1 fully saturated rings. The van der Waals surface area contributed by atoms with Crippen LogP contribution in [0.1, 0.15) is 24.5 Å². The van der Waals surface area contributed by atoms with Crippen molar-refractivity contribution in [3.05, 3.63) is 76.0 Å². The molecule has 3 N–H and O–H groups in total. The predicted octanol–water partition coefficient (Wildman–Crippen LogP) is 3.91. The summed E-state index contributed by atoms with van der Waals surface area (Å²) in [6.45, 7) is 5.90. The van der Waals surface area contributed by atoms with Crippen molar-refractivity contribution < 1.29 is 24.6 Å². The van der Waals surface area contributed by atoms with Gasteiger partial charge in [0.15, 0.2) is 0 Å². The highest BCUT2D eigenvalue weighted by Crippen LogP contribution is 2.23. The van der Waals surface area contributed by atoms with E-state index < -0.39 is 11.9 Å². The lowest BCUT2D eigenvalue weighted by atomic mass is 10.2. The fraction of sp³-hybridized carbons (Fsp3) is 0.333. The molecule has 9 nitrogen and oxygen atoms in total. The highest BCUT2D eigenvalue weighted by molar-refractivity contribution is 6.42. The van der Waals surface area contributed by atoms with Crippen LogP contribution in [0, 0.1) is 0 Å². The van der Waals surface area contributed by atoms with Crippen molar-refractivity contribution in [1.29, 1.82) is 0 Å². The average Bonchev–Trinajstić information content (AvgIpc) is 3.28. The van der Waals surface area contributed by atoms with E-state index in [1.54, 1.807) is 12.1 Å². The maximum atomic E-state index is 12.7. The zero-order chi connectivity index (χ0) is 25.8. The number of aliphatic carboxylic acids is 2. The summed E-state index contributed by atoms with van der Waals surface area (Å²) in [6.07, 6.45) is 5.74. The van der Waals surface area contributed by atoms with Gasteiger partial charge in [-0.3, -0.25) is 9.88 Å². The van der Waals surface area contributed by atoms with E-state index in [-0.39, 0.29) is 12.1 Å². The van der Waals surface area contributed by atoms with Crippen LogP contribution in [0.15, 0.2) is 54.9 Å². The molecule has 1 aliphatic heterocycles. The standard InChI is InChI=1S/C20H24Cl2N4O.C4H4O4/c1-2-26(20(27)24-12-16-3-4-18(21)19(22)11-16)17-7-10-25(14-17)13-15-5-8-23-9-6-15;5-3(6)1-2-4(7)8/h3-6,8-9,11,17H,2,7,10,12-14H2,1H3,(H,24,27);1-2H,(H,5,6)(H,7,8). The molecule has 188 valence electrons. The van der Waals surface area contributed by atoms with Crippen LogP contribution < -0.4 is 5.32 Å². The molecule has 0 saturated carbocycles. The van der Waals surface area contributed by atoms with E-state index in [0.717, 1.165) is 31.6 Å². The van der Waals surface area contributed by atoms with Gasteiger partial charge in [0.25, 0.3) is 0 Å². The number of urea groups is 1. The molecule has 0 spiro atoms. The Morgan fingerprint density at radius 2 is 1.74 bits per heavy atom. The molecule has 1 aromatic heterocycles.